The predicted molar refractivity (Wildman–Crippen MR) is 63.9 cm³/mol. The Morgan fingerprint density at radius 2 is 2.08 bits per heavy atom. The molecule has 0 saturated heterocycles. The molecule has 3 nitrogen and oxygen atoms in total. The molecule has 1 aromatic rings. The summed E-state index contributed by atoms with van der Waals surface area (Å²) in [6.07, 6.45) is 1.55. The maximum absolute atomic E-state index is 10.9. The van der Waals surface area contributed by atoms with E-state index >= 15 is 0 Å². The van der Waals surface area contributed by atoms with Gasteiger partial charge in [0.1, 0.15) is 11.0 Å². The van der Waals surface area contributed by atoms with Crippen molar-refractivity contribution in [2.45, 2.75) is 0 Å². The second-order valence-corrected chi connectivity index (χ2v) is 5.29. The van der Waals surface area contributed by atoms with E-state index in [1.165, 1.54) is 0 Å². The summed E-state index contributed by atoms with van der Waals surface area (Å²) in [4.78, 5) is 0. The van der Waals surface area contributed by atoms with E-state index in [2.05, 4.69) is 36.6 Å². The van der Waals surface area contributed by atoms with Crippen LogP contribution in [-0.4, -0.2) is 10.5 Å². The highest BCUT2D eigenvalue weighted by atomic mass is 79.9. The van der Waals surface area contributed by atoms with Crippen LogP contribution in [0, 0.1) is 0 Å². The number of hydrogen-bond donors (Lipinski definition) is 2. The number of nitrogens with one attached hydrogen (secondary N) is 1. The molecule has 1 unspecified atom stereocenters. The Kier molecular flexibility index (Phi) is 3.75. The van der Waals surface area contributed by atoms with Gasteiger partial charge in [-0.3, -0.25) is 0 Å². The Morgan fingerprint density at radius 1 is 1.46 bits per heavy atom. The van der Waals surface area contributed by atoms with Crippen molar-refractivity contribution in [1.29, 1.82) is 0 Å². The van der Waals surface area contributed by atoms with E-state index in [1.54, 1.807) is 12.3 Å². The smallest absolute Gasteiger partial charge is 0.114 e. The van der Waals surface area contributed by atoms with Crippen molar-refractivity contribution in [2.24, 2.45) is 0 Å². The van der Waals surface area contributed by atoms with Crippen LogP contribution in [0.25, 0.3) is 0 Å². The van der Waals surface area contributed by atoms with Crippen molar-refractivity contribution >= 4 is 54.2 Å². The standard InChI is InChI=1S/C7H8Br2N2OS/c1-13(12)11-7-5(9)2-4(8)3-6(7)10/h2-3,11H,10H2,1H3. The van der Waals surface area contributed by atoms with Gasteiger partial charge in [-0.15, -0.1) is 0 Å². The van der Waals surface area contributed by atoms with Gasteiger partial charge in [-0.1, -0.05) is 15.9 Å². The minimum Gasteiger partial charge on any atom is -0.397 e. The summed E-state index contributed by atoms with van der Waals surface area (Å²) >= 11 is 6.62. The van der Waals surface area contributed by atoms with Crippen molar-refractivity contribution in [2.75, 3.05) is 16.7 Å². The van der Waals surface area contributed by atoms with Crippen LogP contribution in [0.1, 0.15) is 0 Å². The van der Waals surface area contributed by atoms with E-state index in [-0.39, 0.29) is 0 Å². The lowest BCUT2D eigenvalue weighted by Gasteiger charge is -2.09. The molecule has 0 bridgehead atoms. The first kappa shape index (κ1) is 11.0. The molecule has 72 valence electrons. The van der Waals surface area contributed by atoms with Crippen LogP contribution in [0.2, 0.25) is 0 Å². The molecule has 0 aliphatic heterocycles. The Balaban J connectivity index is 3.13. The maximum Gasteiger partial charge on any atom is 0.114 e. The number of halogens is 2. The molecule has 0 amide bonds. The lowest BCUT2D eigenvalue weighted by molar-refractivity contribution is 0.690. The Labute approximate surface area is 95.9 Å². The third-order valence-electron chi connectivity index (χ3n) is 1.33. The van der Waals surface area contributed by atoms with Gasteiger partial charge in [0, 0.05) is 15.2 Å². The lowest BCUT2D eigenvalue weighted by Crippen LogP contribution is -2.04. The SMILES string of the molecule is CS(=O)Nc1c(N)cc(Br)cc1Br. The molecular formula is C7H8Br2N2OS. The van der Waals surface area contributed by atoms with Gasteiger partial charge in [-0.2, -0.15) is 0 Å². The molecule has 0 heterocycles. The monoisotopic (exact) mass is 326 g/mol. The molecule has 0 saturated carbocycles. The van der Waals surface area contributed by atoms with Crippen molar-refractivity contribution in [1.82, 2.24) is 0 Å². The van der Waals surface area contributed by atoms with Gasteiger partial charge in [0.25, 0.3) is 0 Å². The maximum atomic E-state index is 10.9. The van der Waals surface area contributed by atoms with E-state index in [0.717, 1.165) is 8.95 Å². The third kappa shape index (κ3) is 2.96. The highest BCUT2D eigenvalue weighted by Gasteiger charge is 2.06. The van der Waals surface area contributed by atoms with Gasteiger partial charge in [0.15, 0.2) is 0 Å². The number of nitrogens with two attached hydrogens (primary N) is 1. The molecule has 3 N–H and O–H groups in total. The lowest BCUT2D eigenvalue weighted by atomic mass is 10.3. The molecule has 0 fully saturated rings. The van der Waals surface area contributed by atoms with E-state index in [9.17, 15) is 4.21 Å². The zero-order valence-electron chi connectivity index (χ0n) is 6.80. The molecule has 1 atom stereocenters. The van der Waals surface area contributed by atoms with Crippen LogP contribution in [0.15, 0.2) is 21.1 Å². The van der Waals surface area contributed by atoms with Crippen molar-refractivity contribution in [3.8, 4) is 0 Å². The zero-order valence-corrected chi connectivity index (χ0v) is 10.8. The molecule has 0 aliphatic rings. The fraction of sp³-hybridized carbons (Fsp3) is 0.143. The molecule has 1 rings (SSSR count). The fourth-order valence-corrected chi connectivity index (χ4v) is 2.85. The Hall–Kier alpha value is -0.0700. The second kappa shape index (κ2) is 4.43. The second-order valence-electron chi connectivity index (χ2n) is 2.41. The quantitative estimate of drug-likeness (QED) is 0.820. The molecule has 0 aliphatic carbocycles. The summed E-state index contributed by atoms with van der Waals surface area (Å²) in [5, 5.41) is 0. The summed E-state index contributed by atoms with van der Waals surface area (Å²) < 4.78 is 15.3. The van der Waals surface area contributed by atoms with Gasteiger partial charge in [0.2, 0.25) is 0 Å². The molecule has 0 radical (unpaired) electrons. The molecular weight excluding hydrogens is 320 g/mol. The van der Waals surface area contributed by atoms with Crippen LogP contribution in [0.5, 0.6) is 0 Å². The predicted octanol–water partition coefficient (Wildman–Crippen LogP) is 2.50. The highest BCUT2D eigenvalue weighted by Crippen LogP contribution is 2.32. The summed E-state index contributed by atoms with van der Waals surface area (Å²) in [6.45, 7) is 0. The van der Waals surface area contributed by atoms with Crippen LogP contribution in [-0.2, 0) is 11.0 Å². The number of benzene rings is 1. The minimum atomic E-state index is -1.12. The first-order valence-corrected chi connectivity index (χ1v) is 6.49. The first-order valence-electron chi connectivity index (χ1n) is 3.35. The molecule has 1 aromatic carbocycles. The molecule has 0 spiro atoms. The highest BCUT2D eigenvalue weighted by molar-refractivity contribution is 9.11. The van der Waals surface area contributed by atoms with Gasteiger partial charge < -0.3 is 10.5 Å². The number of rotatable bonds is 2. The fourth-order valence-electron chi connectivity index (χ4n) is 0.845. The van der Waals surface area contributed by atoms with Crippen LogP contribution in [0.4, 0.5) is 11.4 Å². The summed E-state index contributed by atoms with van der Waals surface area (Å²) in [5.74, 6) is 0. The van der Waals surface area contributed by atoms with Crippen LogP contribution < -0.4 is 10.5 Å². The number of anilines is 2. The average molecular weight is 328 g/mol. The van der Waals surface area contributed by atoms with E-state index < -0.39 is 11.0 Å². The number of hydrogen-bond acceptors (Lipinski definition) is 2. The normalized spacial score (nSPS) is 12.5. The van der Waals surface area contributed by atoms with Crippen molar-refractivity contribution in [3.05, 3.63) is 21.1 Å². The number of nitrogen functional groups attached to an aromatic ring is 1. The van der Waals surface area contributed by atoms with E-state index in [1.807, 2.05) is 6.07 Å². The van der Waals surface area contributed by atoms with Gasteiger partial charge >= 0.3 is 0 Å². The topological polar surface area (TPSA) is 55.1 Å². The minimum absolute atomic E-state index is 0.552. The molecule has 6 heteroatoms. The average Bonchev–Trinajstić information content (AvgIpc) is 1.96. The Morgan fingerprint density at radius 3 is 2.54 bits per heavy atom. The summed E-state index contributed by atoms with van der Waals surface area (Å²) in [5.41, 5.74) is 6.92. The zero-order chi connectivity index (χ0) is 10.0. The van der Waals surface area contributed by atoms with Crippen molar-refractivity contribution in [3.63, 3.8) is 0 Å². The summed E-state index contributed by atoms with van der Waals surface area (Å²) in [6, 6.07) is 3.59. The largest absolute Gasteiger partial charge is 0.397 e. The van der Waals surface area contributed by atoms with E-state index in [4.69, 9.17) is 5.73 Å². The first-order chi connectivity index (χ1) is 6.00. The van der Waals surface area contributed by atoms with E-state index in [0.29, 0.717) is 11.4 Å². The summed E-state index contributed by atoms with van der Waals surface area (Å²) in [7, 11) is -1.12. The Bertz CT molecular complexity index is 333. The third-order valence-corrected chi connectivity index (χ3v) is 2.91. The molecule has 0 aromatic heterocycles. The van der Waals surface area contributed by atoms with Gasteiger partial charge in [0.05, 0.1) is 11.4 Å². The van der Waals surface area contributed by atoms with Crippen LogP contribution >= 0.6 is 31.9 Å². The van der Waals surface area contributed by atoms with Gasteiger partial charge in [-0.05, 0) is 28.1 Å². The van der Waals surface area contributed by atoms with Crippen LogP contribution in [0.3, 0.4) is 0 Å². The van der Waals surface area contributed by atoms with Gasteiger partial charge in [-0.25, -0.2) is 4.21 Å². The van der Waals surface area contributed by atoms with Crippen molar-refractivity contribution < 1.29 is 4.21 Å². The molecule has 13 heavy (non-hydrogen) atoms.